The first kappa shape index (κ1) is 23.4. The summed E-state index contributed by atoms with van der Waals surface area (Å²) in [7, 11) is 1.60. The summed E-state index contributed by atoms with van der Waals surface area (Å²) >= 11 is 1.28. The minimum atomic E-state index is -0.221. The molecule has 0 bridgehead atoms. The van der Waals surface area contributed by atoms with Crippen molar-refractivity contribution in [3.63, 3.8) is 0 Å². The van der Waals surface area contributed by atoms with Gasteiger partial charge in [0.15, 0.2) is 4.88 Å². The monoisotopic (exact) mass is 491 g/mol. The maximum Gasteiger partial charge on any atom is 0.266 e. The molecule has 2 N–H and O–H groups in total. The topological polar surface area (TPSA) is 96.5 Å². The smallest absolute Gasteiger partial charge is 0.266 e. The van der Waals surface area contributed by atoms with Crippen LogP contribution in [0.5, 0.6) is 5.88 Å². The van der Waals surface area contributed by atoms with Gasteiger partial charge in [-0.25, -0.2) is 9.97 Å². The summed E-state index contributed by atoms with van der Waals surface area (Å²) in [6.07, 6.45) is 5.26. The van der Waals surface area contributed by atoms with E-state index in [-0.39, 0.29) is 23.8 Å². The number of hydrogen-bond donors (Lipinski definition) is 2. The molecule has 1 aromatic carbocycles. The highest BCUT2D eigenvalue weighted by Crippen LogP contribution is 2.35. The fourth-order valence-electron chi connectivity index (χ4n) is 4.16. The van der Waals surface area contributed by atoms with E-state index in [1.54, 1.807) is 19.3 Å². The van der Waals surface area contributed by atoms with E-state index in [0.29, 0.717) is 21.6 Å². The van der Waals surface area contributed by atoms with Crippen LogP contribution in [-0.2, 0) is 11.3 Å². The number of aromatic nitrogens is 2. The summed E-state index contributed by atoms with van der Waals surface area (Å²) in [6.45, 7) is 2.79. The normalized spacial score (nSPS) is 16.6. The molecule has 0 unspecified atom stereocenters. The zero-order valence-corrected chi connectivity index (χ0v) is 20.5. The van der Waals surface area contributed by atoms with E-state index in [9.17, 15) is 9.59 Å². The number of amides is 2. The average molecular weight is 492 g/mol. The van der Waals surface area contributed by atoms with Crippen molar-refractivity contribution in [1.82, 2.24) is 20.2 Å². The van der Waals surface area contributed by atoms with Crippen molar-refractivity contribution < 1.29 is 14.3 Å². The Bertz CT molecular complexity index is 1190. The Morgan fingerprint density at radius 2 is 1.89 bits per heavy atom. The molecule has 9 heteroatoms. The van der Waals surface area contributed by atoms with Crippen LogP contribution in [0.25, 0.3) is 10.6 Å². The van der Waals surface area contributed by atoms with Crippen molar-refractivity contribution in [2.75, 3.05) is 25.5 Å². The molecule has 5 rings (SSSR count). The average Bonchev–Trinajstić information content (AvgIpc) is 3.66. The molecular weight excluding hydrogens is 462 g/mol. The molecule has 1 aliphatic carbocycles. The zero-order chi connectivity index (χ0) is 24.2. The number of carbonyl (C=O) groups is 2. The largest absolute Gasteiger partial charge is 0.473 e. The Balaban J connectivity index is 1.27. The van der Waals surface area contributed by atoms with Gasteiger partial charge >= 0.3 is 0 Å². The van der Waals surface area contributed by atoms with E-state index in [1.165, 1.54) is 16.9 Å². The van der Waals surface area contributed by atoms with E-state index in [1.807, 2.05) is 12.1 Å². The number of hydrogen-bond acceptors (Lipinski definition) is 7. The minimum Gasteiger partial charge on any atom is -0.473 e. The first-order chi connectivity index (χ1) is 17.1. The Kier molecular flexibility index (Phi) is 7.06. The highest BCUT2D eigenvalue weighted by Gasteiger charge is 2.30. The van der Waals surface area contributed by atoms with Crippen LogP contribution in [0.1, 0.15) is 40.9 Å². The highest BCUT2D eigenvalue weighted by atomic mass is 32.1. The van der Waals surface area contributed by atoms with E-state index < -0.39 is 0 Å². The van der Waals surface area contributed by atoms with Gasteiger partial charge in [0.05, 0.1) is 0 Å². The van der Waals surface area contributed by atoms with Gasteiger partial charge in [-0.2, -0.15) is 0 Å². The summed E-state index contributed by atoms with van der Waals surface area (Å²) in [5, 5.41) is 6.21. The van der Waals surface area contributed by atoms with E-state index in [0.717, 1.165) is 50.9 Å². The molecular formula is C26H29N5O3S. The molecule has 182 valence electrons. The van der Waals surface area contributed by atoms with Crippen LogP contribution in [0.4, 0.5) is 5.82 Å². The third-order valence-electron chi connectivity index (χ3n) is 6.30. The molecule has 1 aliphatic heterocycles. The van der Waals surface area contributed by atoms with Gasteiger partial charge in [0.25, 0.3) is 5.91 Å². The maximum atomic E-state index is 12.6. The number of carbonyl (C=O) groups excluding carboxylic acids is 2. The molecule has 0 radical (unpaired) electrons. The Morgan fingerprint density at radius 1 is 1.11 bits per heavy atom. The van der Waals surface area contributed by atoms with Crippen LogP contribution < -0.4 is 15.4 Å². The molecule has 2 aromatic heterocycles. The lowest BCUT2D eigenvalue weighted by atomic mass is 10.1. The molecule has 0 atom stereocenters. The quantitative estimate of drug-likeness (QED) is 0.495. The van der Waals surface area contributed by atoms with Crippen molar-refractivity contribution in [2.45, 2.75) is 38.3 Å². The first-order valence-electron chi connectivity index (χ1n) is 12.0. The van der Waals surface area contributed by atoms with Gasteiger partial charge in [-0.05, 0) is 43.4 Å². The van der Waals surface area contributed by atoms with Crippen LogP contribution >= 0.6 is 11.3 Å². The lowest BCUT2D eigenvalue weighted by molar-refractivity contribution is -0.117. The van der Waals surface area contributed by atoms with E-state index in [4.69, 9.17) is 4.74 Å². The van der Waals surface area contributed by atoms with E-state index >= 15 is 0 Å². The predicted octanol–water partition coefficient (Wildman–Crippen LogP) is 3.96. The van der Waals surface area contributed by atoms with Gasteiger partial charge in [0, 0.05) is 44.4 Å². The van der Waals surface area contributed by atoms with Crippen LogP contribution in [0.15, 0.2) is 48.7 Å². The van der Waals surface area contributed by atoms with Gasteiger partial charge in [-0.1, -0.05) is 30.3 Å². The van der Waals surface area contributed by atoms with Gasteiger partial charge < -0.3 is 15.4 Å². The Morgan fingerprint density at radius 3 is 2.60 bits per heavy atom. The van der Waals surface area contributed by atoms with Gasteiger partial charge in [-0.3, -0.25) is 14.5 Å². The van der Waals surface area contributed by atoms with Crippen molar-refractivity contribution in [1.29, 1.82) is 0 Å². The van der Waals surface area contributed by atoms with Gasteiger partial charge in [-0.15, -0.1) is 11.3 Å². The SMILES string of the molecule is CNC(=O)c1sc(-c2ccnc(NC(=O)C3CC3)c2)nc1OC1CCN(Cc2ccccc2)CC1. The molecule has 3 aromatic rings. The number of piperidine rings is 1. The summed E-state index contributed by atoms with van der Waals surface area (Å²) in [5.41, 5.74) is 2.09. The first-order valence-corrected chi connectivity index (χ1v) is 12.8. The number of anilines is 1. The van der Waals surface area contributed by atoms with Crippen molar-refractivity contribution in [2.24, 2.45) is 5.92 Å². The molecule has 2 amide bonds. The highest BCUT2D eigenvalue weighted by molar-refractivity contribution is 7.17. The maximum absolute atomic E-state index is 12.6. The van der Waals surface area contributed by atoms with Crippen LogP contribution in [0.2, 0.25) is 0 Å². The van der Waals surface area contributed by atoms with E-state index in [2.05, 4.69) is 49.8 Å². The summed E-state index contributed by atoms with van der Waals surface area (Å²) < 4.78 is 6.27. The van der Waals surface area contributed by atoms with Gasteiger partial charge in [0.1, 0.15) is 16.9 Å². The number of benzene rings is 1. The Hall–Kier alpha value is -3.30. The molecule has 1 saturated carbocycles. The van der Waals surface area contributed by atoms with Crippen molar-refractivity contribution in [3.05, 3.63) is 59.1 Å². The summed E-state index contributed by atoms with van der Waals surface area (Å²) in [4.78, 5) is 36.5. The number of nitrogens with one attached hydrogen (secondary N) is 2. The Labute approximate surface area is 208 Å². The number of likely N-dealkylation sites (tertiary alicyclic amines) is 1. The number of rotatable bonds is 8. The predicted molar refractivity (Wildman–Crippen MR) is 135 cm³/mol. The fourth-order valence-corrected chi connectivity index (χ4v) is 5.10. The molecule has 1 saturated heterocycles. The van der Waals surface area contributed by atoms with Crippen LogP contribution in [0, 0.1) is 5.92 Å². The number of nitrogens with zero attached hydrogens (tertiary/aromatic N) is 3. The van der Waals surface area contributed by atoms with Crippen LogP contribution in [-0.4, -0.2) is 52.9 Å². The zero-order valence-electron chi connectivity index (χ0n) is 19.7. The second-order valence-corrected chi connectivity index (χ2v) is 10.0. The molecule has 0 spiro atoms. The van der Waals surface area contributed by atoms with Gasteiger partial charge in [0.2, 0.25) is 11.8 Å². The second kappa shape index (κ2) is 10.5. The molecule has 35 heavy (non-hydrogen) atoms. The third-order valence-corrected chi connectivity index (χ3v) is 7.38. The van der Waals surface area contributed by atoms with Crippen LogP contribution in [0.3, 0.4) is 0 Å². The number of thiazole rings is 1. The fraction of sp³-hybridized carbons (Fsp3) is 0.385. The van der Waals surface area contributed by atoms with Crippen molar-refractivity contribution >= 4 is 29.0 Å². The lowest BCUT2D eigenvalue weighted by Crippen LogP contribution is -2.38. The molecule has 2 fully saturated rings. The number of pyridine rings is 1. The standard InChI is InChI=1S/C26H29N5O3S/c1-27-24(33)22-25(34-20-10-13-31(14-11-20)16-17-5-3-2-4-6-17)30-26(35-22)19-9-12-28-21(15-19)29-23(32)18-7-8-18/h2-6,9,12,15,18,20H,7-8,10-11,13-14,16H2,1H3,(H,27,33)(H,28,29,32). The third kappa shape index (κ3) is 5.86. The molecule has 8 nitrogen and oxygen atoms in total. The minimum absolute atomic E-state index is 0.00228. The summed E-state index contributed by atoms with van der Waals surface area (Å²) in [5.74, 6) is 0.735. The lowest BCUT2D eigenvalue weighted by Gasteiger charge is -2.31. The van der Waals surface area contributed by atoms with Crippen molar-refractivity contribution in [3.8, 4) is 16.5 Å². The number of ether oxygens (including phenoxy) is 1. The molecule has 2 aliphatic rings. The summed E-state index contributed by atoms with van der Waals surface area (Å²) in [6, 6.07) is 14.1. The molecule has 3 heterocycles. The second-order valence-electron chi connectivity index (χ2n) is 9.00.